The summed E-state index contributed by atoms with van der Waals surface area (Å²) in [7, 11) is -4.83. The SMILES string of the molecule is O=S(=O)(F)c1cc(-c2ccc(C3CC3)cc2)no1. The van der Waals surface area contributed by atoms with Gasteiger partial charge in [0.15, 0.2) is 0 Å². The molecule has 1 saturated carbocycles. The van der Waals surface area contributed by atoms with Crippen molar-refractivity contribution in [3.63, 3.8) is 0 Å². The molecule has 2 aromatic rings. The molecule has 18 heavy (non-hydrogen) atoms. The van der Waals surface area contributed by atoms with Gasteiger partial charge >= 0.3 is 10.2 Å². The molecule has 0 N–H and O–H groups in total. The summed E-state index contributed by atoms with van der Waals surface area (Å²) in [6.45, 7) is 0. The second kappa shape index (κ2) is 3.91. The van der Waals surface area contributed by atoms with E-state index in [4.69, 9.17) is 0 Å². The van der Waals surface area contributed by atoms with Crippen LogP contribution < -0.4 is 0 Å². The van der Waals surface area contributed by atoms with Gasteiger partial charge in [-0.3, -0.25) is 0 Å². The largest absolute Gasteiger partial charge is 0.368 e. The predicted molar refractivity (Wildman–Crippen MR) is 62.2 cm³/mol. The molecule has 94 valence electrons. The van der Waals surface area contributed by atoms with Gasteiger partial charge in [-0.1, -0.05) is 33.3 Å². The Morgan fingerprint density at radius 1 is 1.22 bits per heavy atom. The van der Waals surface area contributed by atoms with Gasteiger partial charge in [0.1, 0.15) is 5.69 Å². The first-order chi connectivity index (χ1) is 8.54. The maximum atomic E-state index is 12.7. The van der Waals surface area contributed by atoms with Crippen molar-refractivity contribution in [3.8, 4) is 11.3 Å². The minimum Gasteiger partial charge on any atom is -0.341 e. The van der Waals surface area contributed by atoms with Crippen LogP contribution in [0.4, 0.5) is 3.89 Å². The summed E-state index contributed by atoms with van der Waals surface area (Å²) >= 11 is 0. The lowest BCUT2D eigenvalue weighted by molar-refractivity contribution is 0.334. The number of aromatic nitrogens is 1. The Hall–Kier alpha value is -1.69. The number of benzene rings is 1. The quantitative estimate of drug-likeness (QED) is 0.802. The summed E-state index contributed by atoms with van der Waals surface area (Å²) in [6, 6.07) is 8.71. The van der Waals surface area contributed by atoms with Crippen LogP contribution in [0, 0.1) is 0 Å². The average molecular weight is 267 g/mol. The fourth-order valence-electron chi connectivity index (χ4n) is 1.85. The lowest BCUT2D eigenvalue weighted by atomic mass is 10.1. The maximum absolute atomic E-state index is 12.7. The highest BCUT2D eigenvalue weighted by molar-refractivity contribution is 7.86. The van der Waals surface area contributed by atoms with Crippen molar-refractivity contribution in [1.82, 2.24) is 5.16 Å². The zero-order chi connectivity index (χ0) is 12.8. The summed E-state index contributed by atoms with van der Waals surface area (Å²) in [5, 5.41) is 2.79. The predicted octanol–water partition coefficient (Wildman–Crippen LogP) is 2.88. The molecule has 1 aliphatic carbocycles. The van der Waals surface area contributed by atoms with E-state index in [2.05, 4.69) is 9.68 Å². The van der Waals surface area contributed by atoms with Gasteiger partial charge < -0.3 is 4.52 Å². The van der Waals surface area contributed by atoms with Gasteiger partial charge in [0.05, 0.1) is 0 Å². The second-order valence-electron chi connectivity index (χ2n) is 4.37. The van der Waals surface area contributed by atoms with E-state index in [9.17, 15) is 12.3 Å². The molecule has 0 unspecified atom stereocenters. The summed E-state index contributed by atoms with van der Waals surface area (Å²) in [5.41, 5.74) is 2.28. The van der Waals surface area contributed by atoms with E-state index < -0.39 is 15.3 Å². The Bertz CT molecular complexity index is 672. The van der Waals surface area contributed by atoms with Crippen LogP contribution in [0.1, 0.15) is 24.3 Å². The van der Waals surface area contributed by atoms with Crippen LogP contribution in [0.2, 0.25) is 0 Å². The van der Waals surface area contributed by atoms with Gasteiger partial charge in [-0.25, -0.2) is 0 Å². The Balaban J connectivity index is 1.92. The normalized spacial score (nSPS) is 15.8. The van der Waals surface area contributed by atoms with Gasteiger partial charge in [0.2, 0.25) is 0 Å². The molecule has 0 radical (unpaired) electrons. The van der Waals surface area contributed by atoms with Crippen LogP contribution in [-0.2, 0) is 10.2 Å². The van der Waals surface area contributed by atoms with Crippen molar-refractivity contribution in [3.05, 3.63) is 35.9 Å². The van der Waals surface area contributed by atoms with Gasteiger partial charge in [-0.2, -0.15) is 8.42 Å². The summed E-state index contributed by atoms with van der Waals surface area (Å²) < 4.78 is 38.4. The van der Waals surface area contributed by atoms with E-state index >= 15 is 0 Å². The lowest BCUT2D eigenvalue weighted by Crippen LogP contribution is -1.87. The first-order valence-corrected chi connectivity index (χ1v) is 6.94. The molecule has 1 fully saturated rings. The second-order valence-corrected chi connectivity index (χ2v) is 5.64. The third-order valence-electron chi connectivity index (χ3n) is 2.98. The number of hydrogen-bond acceptors (Lipinski definition) is 4. The molecular weight excluding hydrogens is 257 g/mol. The first-order valence-electron chi connectivity index (χ1n) is 5.56. The molecule has 1 aromatic heterocycles. The average Bonchev–Trinajstić information content (AvgIpc) is 3.05. The van der Waals surface area contributed by atoms with Crippen molar-refractivity contribution in [2.24, 2.45) is 0 Å². The number of hydrogen-bond donors (Lipinski definition) is 0. The van der Waals surface area contributed by atoms with Crippen LogP contribution in [0.3, 0.4) is 0 Å². The van der Waals surface area contributed by atoms with E-state index in [1.807, 2.05) is 24.3 Å². The highest BCUT2D eigenvalue weighted by atomic mass is 32.3. The minimum absolute atomic E-state index is 0.313. The molecule has 0 aliphatic heterocycles. The van der Waals surface area contributed by atoms with Gasteiger partial charge in [0.25, 0.3) is 5.09 Å². The van der Waals surface area contributed by atoms with Crippen LogP contribution >= 0.6 is 0 Å². The van der Waals surface area contributed by atoms with Gasteiger partial charge in [-0.15, -0.1) is 0 Å². The Labute approximate surface area is 104 Å². The van der Waals surface area contributed by atoms with E-state index in [0.717, 1.165) is 6.07 Å². The van der Waals surface area contributed by atoms with E-state index in [-0.39, 0.29) is 0 Å². The van der Waals surface area contributed by atoms with Crippen molar-refractivity contribution in [1.29, 1.82) is 0 Å². The van der Waals surface area contributed by atoms with E-state index in [0.29, 0.717) is 17.2 Å². The molecule has 0 saturated heterocycles. The molecule has 0 spiro atoms. The first kappa shape index (κ1) is 11.4. The smallest absolute Gasteiger partial charge is 0.341 e. The molecule has 1 aliphatic rings. The standard InChI is InChI=1S/C12H10FNO3S/c13-18(15,16)12-7-11(14-17-12)10-5-3-9(4-6-10)8-1-2-8/h3-8H,1-2H2. The fourth-order valence-corrected chi connectivity index (χ4v) is 2.23. The number of rotatable bonds is 3. The Kier molecular flexibility index (Phi) is 2.48. The fraction of sp³-hybridized carbons (Fsp3) is 0.250. The monoisotopic (exact) mass is 267 g/mol. The van der Waals surface area contributed by atoms with Gasteiger partial charge in [0, 0.05) is 11.6 Å². The van der Waals surface area contributed by atoms with Crippen LogP contribution in [0.5, 0.6) is 0 Å². The maximum Gasteiger partial charge on any atom is 0.368 e. The third-order valence-corrected chi connectivity index (χ3v) is 3.66. The molecule has 3 rings (SSSR count). The van der Waals surface area contributed by atoms with Crippen molar-refractivity contribution in [2.75, 3.05) is 0 Å². The Morgan fingerprint density at radius 3 is 2.39 bits per heavy atom. The zero-order valence-electron chi connectivity index (χ0n) is 9.34. The molecule has 6 heteroatoms. The molecule has 1 heterocycles. The van der Waals surface area contributed by atoms with Crippen molar-refractivity contribution < 1.29 is 16.8 Å². The zero-order valence-corrected chi connectivity index (χ0v) is 10.2. The van der Waals surface area contributed by atoms with Crippen LogP contribution in [-0.4, -0.2) is 13.6 Å². The summed E-state index contributed by atoms with van der Waals surface area (Å²) in [6.07, 6.45) is 2.43. The number of halogens is 1. The highest BCUT2D eigenvalue weighted by Crippen LogP contribution is 2.40. The minimum atomic E-state index is -4.83. The van der Waals surface area contributed by atoms with Crippen molar-refractivity contribution in [2.45, 2.75) is 23.9 Å². The molecular formula is C12H10FNO3S. The molecule has 4 nitrogen and oxygen atoms in total. The lowest BCUT2D eigenvalue weighted by Gasteiger charge is -1.99. The van der Waals surface area contributed by atoms with Gasteiger partial charge in [-0.05, 0) is 24.3 Å². The molecule has 1 aromatic carbocycles. The third kappa shape index (κ3) is 2.15. The van der Waals surface area contributed by atoms with Crippen LogP contribution in [0.15, 0.2) is 39.9 Å². The summed E-state index contributed by atoms with van der Waals surface area (Å²) in [4.78, 5) is 0. The highest BCUT2D eigenvalue weighted by Gasteiger charge is 2.23. The molecule has 0 atom stereocenters. The summed E-state index contributed by atoms with van der Waals surface area (Å²) in [5.74, 6) is 0.651. The topological polar surface area (TPSA) is 60.2 Å². The Morgan fingerprint density at radius 2 is 1.89 bits per heavy atom. The van der Waals surface area contributed by atoms with Crippen molar-refractivity contribution >= 4 is 10.2 Å². The number of nitrogens with zero attached hydrogens (tertiary/aromatic N) is 1. The van der Waals surface area contributed by atoms with E-state index in [1.165, 1.54) is 18.4 Å². The molecule has 0 bridgehead atoms. The molecule has 0 amide bonds. The van der Waals surface area contributed by atoms with E-state index in [1.54, 1.807) is 0 Å². The van der Waals surface area contributed by atoms with Crippen LogP contribution in [0.25, 0.3) is 11.3 Å².